The molecule has 0 spiro atoms. The molecule has 1 aromatic carbocycles. The summed E-state index contributed by atoms with van der Waals surface area (Å²) in [5.74, 6) is 0. The van der Waals surface area contributed by atoms with Crippen LogP contribution in [0.25, 0.3) is 10.9 Å². The largest absolute Gasteiger partial charge is 0.390 e. The lowest BCUT2D eigenvalue weighted by Gasteiger charge is -2.34. The molecule has 6 heteroatoms. The maximum atomic E-state index is 12.5. The van der Waals surface area contributed by atoms with Gasteiger partial charge in [0.25, 0.3) is 0 Å². The zero-order valence-corrected chi connectivity index (χ0v) is 11.3. The van der Waals surface area contributed by atoms with Gasteiger partial charge in [-0.2, -0.15) is 4.31 Å². The molecule has 1 aliphatic rings. The Balaban J connectivity index is 2.18. The van der Waals surface area contributed by atoms with E-state index in [0.717, 1.165) is 5.56 Å². The van der Waals surface area contributed by atoms with Crippen molar-refractivity contribution in [2.24, 2.45) is 0 Å². The molecule has 19 heavy (non-hydrogen) atoms. The SMILES string of the molecule is Cc1ccc(S(=O)(=O)N2CC(O)C2)c2cccnc12. The Morgan fingerprint density at radius 1 is 1.32 bits per heavy atom. The number of aliphatic hydroxyl groups is 1. The molecule has 2 heterocycles. The van der Waals surface area contributed by atoms with Crippen molar-refractivity contribution in [1.29, 1.82) is 0 Å². The third-order valence-electron chi connectivity index (χ3n) is 3.38. The van der Waals surface area contributed by atoms with Gasteiger partial charge < -0.3 is 5.11 Å². The van der Waals surface area contributed by atoms with E-state index in [2.05, 4.69) is 4.98 Å². The zero-order valence-electron chi connectivity index (χ0n) is 10.4. The summed E-state index contributed by atoms with van der Waals surface area (Å²) in [5.41, 5.74) is 1.64. The highest BCUT2D eigenvalue weighted by Gasteiger charge is 2.36. The van der Waals surface area contributed by atoms with Crippen LogP contribution in [-0.2, 0) is 10.0 Å². The highest BCUT2D eigenvalue weighted by atomic mass is 32.2. The third kappa shape index (κ3) is 1.92. The van der Waals surface area contributed by atoms with Crippen molar-refractivity contribution >= 4 is 20.9 Å². The van der Waals surface area contributed by atoms with Crippen LogP contribution in [0.3, 0.4) is 0 Å². The molecule has 0 unspecified atom stereocenters. The van der Waals surface area contributed by atoms with E-state index in [4.69, 9.17) is 0 Å². The number of aromatic nitrogens is 1. The molecule has 0 bridgehead atoms. The van der Waals surface area contributed by atoms with Gasteiger partial charge in [-0.15, -0.1) is 0 Å². The molecular formula is C13H14N2O3S. The molecule has 1 saturated heterocycles. The Morgan fingerprint density at radius 2 is 2.05 bits per heavy atom. The lowest BCUT2D eigenvalue weighted by Crippen LogP contribution is -2.53. The van der Waals surface area contributed by atoms with Crippen LogP contribution >= 0.6 is 0 Å². The number of rotatable bonds is 2. The summed E-state index contributed by atoms with van der Waals surface area (Å²) < 4.78 is 26.2. The summed E-state index contributed by atoms with van der Waals surface area (Å²) in [6.45, 7) is 2.23. The van der Waals surface area contributed by atoms with Gasteiger partial charge in [0.2, 0.25) is 10.0 Å². The van der Waals surface area contributed by atoms with Gasteiger partial charge in [-0.25, -0.2) is 8.42 Å². The summed E-state index contributed by atoms with van der Waals surface area (Å²) in [5, 5.41) is 9.90. The van der Waals surface area contributed by atoms with Gasteiger partial charge in [-0.3, -0.25) is 4.98 Å². The van der Waals surface area contributed by atoms with Crippen molar-refractivity contribution < 1.29 is 13.5 Å². The second-order valence-corrected chi connectivity index (χ2v) is 6.66. The number of hydrogen-bond donors (Lipinski definition) is 1. The normalized spacial score (nSPS) is 17.6. The first-order valence-corrected chi connectivity index (χ1v) is 7.47. The number of pyridine rings is 1. The number of aryl methyl sites for hydroxylation is 1. The quantitative estimate of drug-likeness (QED) is 0.886. The highest BCUT2D eigenvalue weighted by Crippen LogP contribution is 2.28. The summed E-state index contributed by atoms with van der Waals surface area (Å²) in [7, 11) is -3.55. The fraction of sp³-hybridized carbons (Fsp3) is 0.308. The molecule has 1 aromatic heterocycles. The van der Waals surface area contributed by atoms with Crippen LogP contribution in [0.2, 0.25) is 0 Å². The van der Waals surface area contributed by atoms with Gasteiger partial charge in [0, 0.05) is 24.7 Å². The van der Waals surface area contributed by atoms with Crippen LogP contribution in [0.1, 0.15) is 5.56 Å². The molecule has 0 radical (unpaired) electrons. The lowest BCUT2D eigenvalue weighted by molar-refractivity contribution is 0.0548. The summed E-state index contributed by atoms with van der Waals surface area (Å²) in [6, 6.07) is 6.86. The van der Waals surface area contributed by atoms with Gasteiger partial charge in [-0.05, 0) is 30.7 Å². The first-order valence-electron chi connectivity index (χ1n) is 6.03. The van der Waals surface area contributed by atoms with E-state index in [1.165, 1.54) is 4.31 Å². The first-order chi connectivity index (χ1) is 9.00. The fourth-order valence-corrected chi connectivity index (χ4v) is 3.96. The standard InChI is InChI=1S/C13H14N2O3S/c1-9-4-5-12(11-3-2-6-14-13(9)11)19(17,18)15-7-10(16)8-15/h2-6,10,16H,7-8H2,1H3. The fourth-order valence-electron chi connectivity index (χ4n) is 2.26. The Kier molecular flexibility index (Phi) is 2.81. The summed E-state index contributed by atoms with van der Waals surface area (Å²) >= 11 is 0. The predicted octanol–water partition coefficient (Wildman–Crippen LogP) is 0.908. The van der Waals surface area contributed by atoms with Gasteiger partial charge in [0.1, 0.15) is 0 Å². The van der Waals surface area contributed by atoms with Crippen LogP contribution in [0.5, 0.6) is 0 Å². The minimum Gasteiger partial charge on any atom is -0.390 e. The second-order valence-electron chi connectivity index (χ2n) is 4.76. The topological polar surface area (TPSA) is 70.5 Å². The lowest BCUT2D eigenvalue weighted by atomic mass is 10.1. The molecule has 0 amide bonds. The number of benzene rings is 1. The van der Waals surface area contributed by atoms with E-state index in [0.29, 0.717) is 10.9 Å². The average molecular weight is 278 g/mol. The molecule has 100 valence electrons. The van der Waals surface area contributed by atoms with E-state index in [1.807, 2.05) is 6.92 Å². The van der Waals surface area contributed by atoms with E-state index in [9.17, 15) is 13.5 Å². The van der Waals surface area contributed by atoms with Crippen molar-refractivity contribution in [3.05, 3.63) is 36.0 Å². The van der Waals surface area contributed by atoms with Gasteiger partial charge in [0.05, 0.1) is 16.5 Å². The Labute approximate surface area is 111 Å². The number of sulfonamides is 1. The van der Waals surface area contributed by atoms with Crippen LogP contribution < -0.4 is 0 Å². The number of aliphatic hydroxyl groups excluding tert-OH is 1. The van der Waals surface area contributed by atoms with Crippen molar-refractivity contribution in [2.75, 3.05) is 13.1 Å². The van der Waals surface area contributed by atoms with E-state index in [1.54, 1.807) is 30.5 Å². The van der Waals surface area contributed by atoms with E-state index in [-0.39, 0.29) is 18.0 Å². The highest BCUT2D eigenvalue weighted by molar-refractivity contribution is 7.89. The molecule has 3 rings (SSSR count). The monoisotopic (exact) mass is 278 g/mol. The van der Waals surface area contributed by atoms with Crippen molar-refractivity contribution in [3.8, 4) is 0 Å². The third-order valence-corrected chi connectivity index (χ3v) is 5.27. The van der Waals surface area contributed by atoms with E-state index >= 15 is 0 Å². The van der Waals surface area contributed by atoms with Crippen molar-refractivity contribution in [2.45, 2.75) is 17.9 Å². The molecule has 1 N–H and O–H groups in total. The molecule has 1 aliphatic heterocycles. The minimum atomic E-state index is -3.55. The molecular weight excluding hydrogens is 264 g/mol. The smallest absolute Gasteiger partial charge is 0.243 e. The molecule has 0 aliphatic carbocycles. The molecule has 5 nitrogen and oxygen atoms in total. The Hall–Kier alpha value is -1.50. The van der Waals surface area contributed by atoms with Crippen LogP contribution in [-0.4, -0.2) is 42.0 Å². The molecule has 0 saturated carbocycles. The number of hydrogen-bond acceptors (Lipinski definition) is 4. The van der Waals surface area contributed by atoms with E-state index < -0.39 is 16.1 Å². The van der Waals surface area contributed by atoms with Crippen LogP contribution in [0.15, 0.2) is 35.4 Å². The van der Waals surface area contributed by atoms with Crippen molar-refractivity contribution in [3.63, 3.8) is 0 Å². The molecule has 0 atom stereocenters. The molecule has 1 fully saturated rings. The summed E-state index contributed by atoms with van der Waals surface area (Å²) in [6.07, 6.45) is 1.10. The number of fused-ring (bicyclic) bond motifs is 1. The maximum Gasteiger partial charge on any atom is 0.243 e. The Morgan fingerprint density at radius 3 is 2.74 bits per heavy atom. The average Bonchev–Trinajstić information content (AvgIpc) is 2.35. The van der Waals surface area contributed by atoms with Gasteiger partial charge >= 0.3 is 0 Å². The van der Waals surface area contributed by atoms with Crippen molar-refractivity contribution in [1.82, 2.24) is 9.29 Å². The van der Waals surface area contributed by atoms with Gasteiger partial charge in [0.15, 0.2) is 0 Å². The minimum absolute atomic E-state index is 0.165. The summed E-state index contributed by atoms with van der Waals surface area (Å²) in [4.78, 5) is 4.50. The Bertz CT molecular complexity index is 737. The maximum absolute atomic E-state index is 12.5. The first kappa shape index (κ1) is 12.5. The number of nitrogens with zero attached hydrogens (tertiary/aromatic N) is 2. The number of β-amino-alcohol motifs (C(OH)–C–C–N with tert-alkyl or cyclic N) is 1. The van der Waals surface area contributed by atoms with Crippen LogP contribution in [0.4, 0.5) is 0 Å². The second kappa shape index (κ2) is 4.26. The zero-order chi connectivity index (χ0) is 13.6. The predicted molar refractivity (Wildman–Crippen MR) is 71.2 cm³/mol. The van der Waals surface area contributed by atoms with Crippen LogP contribution in [0, 0.1) is 6.92 Å². The molecule has 2 aromatic rings. The van der Waals surface area contributed by atoms with Gasteiger partial charge in [-0.1, -0.05) is 6.07 Å².